The number of hydrogen-bond donors (Lipinski definition) is 1. The van der Waals surface area contributed by atoms with Gasteiger partial charge in [0.1, 0.15) is 17.9 Å². The van der Waals surface area contributed by atoms with Gasteiger partial charge < -0.3 is 14.8 Å². The highest BCUT2D eigenvalue weighted by Crippen LogP contribution is 2.29. The average Bonchev–Trinajstić information content (AvgIpc) is 2.61. The molecule has 1 aliphatic rings. The molecule has 0 saturated carbocycles. The Morgan fingerprint density at radius 2 is 1.91 bits per heavy atom. The molecule has 3 rings (SSSR count). The van der Waals surface area contributed by atoms with E-state index in [1.807, 2.05) is 48.5 Å². The van der Waals surface area contributed by atoms with Crippen LogP contribution in [-0.2, 0) is 4.74 Å². The summed E-state index contributed by atoms with van der Waals surface area (Å²) in [6.07, 6.45) is -0.327. The summed E-state index contributed by atoms with van der Waals surface area (Å²) in [6.45, 7) is 2.25. The van der Waals surface area contributed by atoms with Gasteiger partial charge >= 0.3 is 0 Å². The molecule has 1 aliphatic heterocycles. The first-order valence-corrected chi connectivity index (χ1v) is 7.41. The van der Waals surface area contributed by atoms with Gasteiger partial charge in [0.2, 0.25) is 0 Å². The van der Waals surface area contributed by atoms with Gasteiger partial charge in [-0.3, -0.25) is 0 Å². The van der Waals surface area contributed by atoms with E-state index in [2.05, 4.69) is 11.4 Å². The molecule has 22 heavy (non-hydrogen) atoms. The van der Waals surface area contributed by atoms with Gasteiger partial charge in [-0.2, -0.15) is 5.26 Å². The quantitative estimate of drug-likeness (QED) is 0.942. The zero-order valence-corrected chi connectivity index (χ0v) is 12.2. The first-order chi connectivity index (χ1) is 10.9. The lowest BCUT2D eigenvalue weighted by atomic mass is 10.0. The fraction of sp³-hybridized carbons (Fsp3) is 0.278. The molecule has 1 saturated heterocycles. The van der Waals surface area contributed by atoms with E-state index in [-0.39, 0.29) is 12.2 Å². The van der Waals surface area contributed by atoms with Crippen molar-refractivity contribution in [2.75, 3.05) is 19.7 Å². The molecule has 1 fully saturated rings. The highest BCUT2D eigenvalue weighted by molar-refractivity contribution is 5.43. The number of nitrogens with one attached hydrogen (secondary N) is 1. The first kappa shape index (κ1) is 14.6. The SMILES string of the molecule is N#Cc1ccccc1O[C@@H](c1ccccc1)C1CNCCO1. The Morgan fingerprint density at radius 1 is 1.14 bits per heavy atom. The van der Waals surface area contributed by atoms with Crippen molar-refractivity contribution in [2.24, 2.45) is 0 Å². The monoisotopic (exact) mass is 294 g/mol. The lowest BCUT2D eigenvalue weighted by Crippen LogP contribution is -2.43. The van der Waals surface area contributed by atoms with E-state index < -0.39 is 0 Å². The van der Waals surface area contributed by atoms with Crippen LogP contribution >= 0.6 is 0 Å². The van der Waals surface area contributed by atoms with Crippen LogP contribution in [0.4, 0.5) is 0 Å². The van der Waals surface area contributed by atoms with Crippen LogP contribution in [0.1, 0.15) is 17.2 Å². The van der Waals surface area contributed by atoms with E-state index >= 15 is 0 Å². The second-order valence-electron chi connectivity index (χ2n) is 5.17. The van der Waals surface area contributed by atoms with Crippen LogP contribution in [0.25, 0.3) is 0 Å². The Hall–Kier alpha value is -2.35. The van der Waals surface area contributed by atoms with Crippen molar-refractivity contribution in [1.29, 1.82) is 5.26 Å². The lowest BCUT2D eigenvalue weighted by molar-refractivity contribution is -0.0433. The van der Waals surface area contributed by atoms with Crippen molar-refractivity contribution in [3.05, 3.63) is 65.7 Å². The Labute approximate surface area is 130 Å². The largest absolute Gasteiger partial charge is 0.482 e. The molecule has 2 aromatic rings. The number of morpholine rings is 1. The minimum absolute atomic E-state index is 0.0806. The summed E-state index contributed by atoms with van der Waals surface area (Å²) in [6, 6.07) is 19.5. The molecule has 2 atom stereocenters. The van der Waals surface area contributed by atoms with Gasteiger partial charge in [0.05, 0.1) is 12.2 Å². The Bertz CT molecular complexity index is 646. The third-order valence-electron chi connectivity index (χ3n) is 3.68. The number of benzene rings is 2. The Morgan fingerprint density at radius 3 is 2.64 bits per heavy atom. The standard InChI is InChI=1S/C18H18N2O2/c19-12-15-8-4-5-9-16(15)22-18(14-6-2-1-3-7-14)17-13-20-10-11-21-17/h1-9,17-18,20H,10-11,13H2/t17?,18-/m0/s1. The maximum atomic E-state index is 9.24. The molecule has 1 N–H and O–H groups in total. The third kappa shape index (κ3) is 3.28. The molecule has 2 aromatic carbocycles. The summed E-state index contributed by atoms with van der Waals surface area (Å²) >= 11 is 0. The molecule has 0 aromatic heterocycles. The summed E-state index contributed by atoms with van der Waals surface area (Å²) in [5, 5.41) is 12.6. The highest BCUT2D eigenvalue weighted by Gasteiger charge is 2.28. The van der Waals surface area contributed by atoms with Crippen LogP contribution in [0.15, 0.2) is 54.6 Å². The number of nitrogens with zero attached hydrogens (tertiary/aromatic N) is 1. The summed E-state index contributed by atoms with van der Waals surface area (Å²) in [5.41, 5.74) is 1.58. The number of ether oxygens (including phenoxy) is 2. The van der Waals surface area contributed by atoms with Crippen LogP contribution in [0.2, 0.25) is 0 Å². The minimum Gasteiger partial charge on any atom is -0.482 e. The van der Waals surface area contributed by atoms with Crippen molar-refractivity contribution in [2.45, 2.75) is 12.2 Å². The smallest absolute Gasteiger partial charge is 0.151 e. The topological polar surface area (TPSA) is 54.3 Å². The van der Waals surface area contributed by atoms with E-state index in [9.17, 15) is 5.26 Å². The molecule has 1 unspecified atom stereocenters. The van der Waals surface area contributed by atoms with E-state index in [4.69, 9.17) is 9.47 Å². The van der Waals surface area contributed by atoms with Gasteiger partial charge in [-0.25, -0.2) is 0 Å². The molecule has 0 bridgehead atoms. The van der Waals surface area contributed by atoms with E-state index in [1.54, 1.807) is 6.07 Å². The molecule has 0 spiro atoms. The fourth-order valence-corrected chi connectivity index (χ4v) is 2.58. The Balaban J connectivity index is 1.90. The maximum absolute atomic E-state index is 9.24. The van der Waals surface area contributed by atoms with Crippen LogP contribution in [-0.4, -0.2) is 25.8 Å². The summed E-state index contributed by atoms with van der Waals surface area (Å²) < 4.78 is 12.0. The van der Waals surface area contributed by atoms with Gasteiger partial charge in [0.15, 0.2) is 6.10 Å². The van der Waals surface area contributed by atoms with Gasteiger partial charge in [-0.15, -0.1) is 0 Å². The van der Waals surface area contributed by atoms with Crippen LogP contribution < -0.4 is 10.1 Å². The van der Waals surface area contributed by atoms with Gasteiger partial charge in [0.25, 0.3) is 0 Å². The van der Waals surface area contributed by atoms with E-state index in [1.165, 1.54) is 0 Å². The molecule has 4 nitrogen and oxygen atoms in total. The van der Waals surface area contributed by atoms with Crippen molar-refractivity contribution >= 4 is 0 Å². The summed E-state index contributed by atoms with van der Waals surface area (Å²) in [7, 11) is 0. The van der Waals surface area contributed by atoms with E-state index in [0.717, 1.165) is 18.7 Å². The lowest BCUT2D eigenvalue weighted by Gasteiger charge is -2.31. The van der Waals surface area contributed by atoms with Crippen LogP contribution in [0.3, 0.4) is 0 Å². The average molecular weight is 294 g/mol. The van der Waals surface area contributed by atoms with Crippen molar-refractivity contribution < 1.29 is 9.47 Å². The Kier molecular flexibility index (Phi) is 4.69. The van der Waals surface area contributed by atoms with Crippen molar-refractivity contribution in [3.63, 3.8) is 0 Å². The first-order valence-electron chi connectivity index (χ1n) is 7.41. The summed E-state index contributed by atoms with van der Waals surface area (Å²) in [4.78, 5) is 0. The van der Waals surface area contributed by atoms with Crippen molar-refractivity contribution in [3.8, 4) is 11.8 Å². The molecule has 4 heteroatoms. The molecular formula is C18H18N2O2. The fourth-order valence-electron chi connectivity index (χ4n) is 2.58. The van der Waals surface area contributed by atoms with Gasteiger partial charge in [0, 0.05) is 13.1 Å². The second-order valence-corrected chi connectivity index (χ2v) is 5.17. The molecular weight excluding hydrogens is 276 g/mol. The number of rotatable bonds is 4. The molecule has 0 amide bonds. The number of nitriles is 1. The summed E-state index contributed by atoms with van der Waals surface area (Å²) in [5.74, 6) is 0.591. The minimum atomic E-state index is -0.247. The molecule has 0 radical (unpaired) electrons. The molecule has 0 aliphatic carbocycles. The number of hydrogen-bond acceptors (Lipinski definition) is 4. The van der Waals surface area contributed by atoms with Crippen LogP contribution in [0.5, 0.6) is 5.75 Å². The molecule has 112 valence electrons. The maximum Gasteiger partial charge on any atom is 0.151 e. The third-order valence-corrected chi connectivity index (χ3v) is 3.68. The highest BCUT2D eigenvalue weighted by atomic mass is 16.5. The predicted octanol–water partition coefficient (Wildman–Crippen LogP) is 2.67. The number of para-hydroxylation sites is 1. The van der Waals surface area contributed by atoms with E-state index in [0.29, 0.717) is 17.9 Å². The zero-order chi connectivity index (χ0) is 15.2. The second kappa shape index (κ2) is 7.08. The van der Waals surface area contributed by atoms with Gasteiger partial charge in [-0.05, 0) is 17.7 Å². The molecule has 1 heterocycles. The van der Waals surface area contributed by atoms with Crippen molar-refractivity contribution in [1.82, 2.24) is 5.32 Å². The van der Waals surface area contributed by atoms with Crippen LogP contribution in [0, 0.1) is 11.3 Å². The zero-order valence-electron chi connectivity index (χ0n) is 12.2. The van der Waals surface area contributed by atoms with Gasteiger partial charge in [-0.1, -0.05) is 42.5 Å². The predicted molar refractivity (Wildman–Crippen MR) is 83.6 cm³/mol. The normalized spacial score (nSPS) is 19.1.